The molecule has 2 aromatic rings. The van der Waals surface area contributed by atoms with Crippen molar-refractivity contribution in [3.63, 3.8) is 0 Å². The van der Waals surface area contributed by atoms with Gasteiger partial charge in [-0.25, -0.2) is 0 Å². The minimum Gasteiger partial charge on any atom is -0.497 e. The number of nitrogens with zero attached hydrogens (tertiary/aromatic N) is 1. The van der Waals surface area contributed by atoms with Gasteiger partial charge in [-0.1, -0.05) is 49.1 Å². The molecule has 134 valence electrons. The minimum absolute atomic E-state index is 0.0236. The summed E-state index contributed by atoms with van der Waals surface area (Å²) in [7, 11) is 1.56. The number of methoxy groups -OCH3 is 1. The SMILES string of the molecule is COc1ccc(NC(=O)C2(c3cccc(C)c3)CCCCC2)c(C#N)c1. The highest BCUT2D eigenvalue weighted by Gasteiger charge is 2.41. The van der Waals surface area contributed by atoms with Crippen molar-refractivity contribution >= 4 is 11.6 Å². The van der Waals surface area contributed by atoms with Gasteiger partial charge in [-0.05, 0) is 43.5 Å². The van der Waals surface area contributed by atoms with Crippen LogP contribution in [0.3, 0.4) is 0 Å². The highest BCUT2D eigenvalue weighted by molar-refractivity contribution is 6.00. The highest BCUT2D eigenvalue weighted by Crippen LogP contribution is 2.41. The molecule has 4 heteroatoms. The van der Waals surface area contributed by atoms with E-state index in [-0.39, 0.29) is 5.91 Å². The molecule has 0 unspecified atom stereocenters. The molecule has 1 aliphatic rings. The van der Waals surface area contributed by atoms with Gasteiger partial charge in [0.25, 0.3) is 0 Å². The molecule has 3 rings (SSSR count). The number of nitriles is 1. The van der Waals surface area contributed by atoms with Gasteiger partial charge in [-0.15, -0.1) is 0 Å². The van der Waals surface area contributed by atoms with E-state index in [4.69, 9.17) is 4.74 Å². The van der Waals surface area contributed by atoms with Gasteiger partial charge in [0.1, 0.15) is 11.8 Å². The average molecular weight is 348 g/mol. The smallest absolute Gasteiger partial charge is 0.235 e. The number of carbonyl (C=O) groups is 1. The van der Waals surface area contributed by atoms with Crippen LogP contribution in [-0.2, 0) is 10.2 Å². The lowest BCUT2D eigenvalue weighted by atomic mass is 9.68. The Bertz CT molecular complexity index is 845. The lowest BCUT2D eigenvalue weighted by Gasteiger charge is -2.36. The first-order valence-corrected chi connectivity index (χ1v) is 9.06. The van der Waals surface area contributed by atoms with Crippen molar-refractivity contribution < 1.29 is 9.53 Å². The molecule has 1 aliphatic carbocycles. The normalized spacial score (nSPS) is 15.7. The zero-order valence-corrected chi connectivity index (χ0v) is 15.3. The predicted molar refractivity (Wildman–Crippen MR) is 102 cm³/mol. The van der Waals surface area contributed by atoms with E-state index >= 15 is 0 Å². The second-order valence-electron chi connectivity index (χ2n) is 6.99. The Morgan fingerprint density at radius 3 is 2.58 bits per heavy atom. The van der Waals surface area contributed by atoms with Crippen LogP contribution in [0.5, 0.6) is 5.75 Å². The van der Waals surface area contributed by atoms with Gasteiger partial charge in [-0.2, -0.15) is 5.26 Å². The van der Waals surface area contributed by atoms with E-state index < -0.39 is 5.41 Å². The maximum Gasteiger partial charge on any atom is 0.235 e. The second-order valence-corrected chi connectivity index (χ2v) is 6.99. The van der Waals surface area contributed by atoms with Crippen molar-refractivity contribution in [3.05, 3.63) is 59.2 Å². The molecule has 1 amide bonds. The number of carbonyl (C=O) groups excluding carboxylic acids is 1. The summed E-state index contributed by atoms with van der Waals surface area (Å²) in [4.78, 5) is 13.4. The molecular formula is C22H24N2O2. The standard InChI is InChI=1S/C22H24N2O2/c1-16-7-6-8-18(13-16)22(11-4-3-5-12-22)21(25)24-20-10-9-19(26-2)14-17(20)15-23/h6-10,13-14H,3-5,11-12H2,1-2H3,(H,24,25). The number of anilines is 1. The fourth-order valence-corrected chi connectivity index (χ4v) is 3.84. The molecule has 0 spiro atoms. The second kappa shape index (κ2) is 7.61. The summed E-state index contributed by atoms with van der Waals surface area (Å²) in [5.74, 6) is 0.579. The third kappa shape index (κ3) is 3.43. The molecular weight excluding hydrogens is 324 g/mol. The number of amides is 1. The van der Waals surface area contributed by atoms with Gasteiger partial charge in [0.05, 0.1) is 23.8 Å². The first-order valence-electron chi connectivity index (χ1n) is 9.06. The van der Waals surface area contributed by atoms with Gasteiger partial charge in [0.2, 0.25) is 5.91 Å². The molecule has 0 bridgehead atoms. The van der Waals surface area contributed by atoms with Gasteiger partial charge in [-0.3, -0.25) is 4.79 Å². The number of ether oxygens (including phenoxy) is 1. The van der Waals surface area contributed by atoms with Gasteiger partial charge in [0.15, 0.2) is 0 Å². The van der Waals surface area contributed by atoms with Crippen molar-refractivity contribution in [1.29, 1.82) is 5.26 Å². The quantitative estimate of drug-likeness (QED) is 0.870. The largest absolute Gasteiger partial charge is 0.497 e. The van der Waals surface area contributed by atoms with Crippen molar-refractivity contribution in [1.82, 2.24) is 0 Å². The van der Waals surface area contributed by atoms with E-state index in [9.17, 15) is 10.1 Å². The van der Waals surface area contributed by atoms with Crippen molar-refractivity contribution in [2.45, 2.75) is 44.4 Å². The summed E-state index contributed by atoms with van der Waals surface area (Å²) < 4.78 is 5.17. The van der Waals surface area contributed by atoms with Crippen molar-refractivity contribution in [3.8, 4) is 11.8 Å². The van der Waals surface area contributed by atoms with Crippen LogP contribution in [0.1, 0.15) is 48.8 Å². The van der Waals surface area contributed by atoms with Gasteiger partial charge >= 0.3 is 0 Å². The number of hydrogen-bond acceptors (Lipinski definition) is 3. The molecule has 1 fully saturated rings. The molecule has 0 atom stereocenters. The topological polar surface area (TPSA) is 62.1 Å². The Labute approximate surface area is 154 Å². The number of aryl methyl sites for hydroxylation is 1. The Hall–Kier alpha value is -2.80. The number of benzene rings is 2. The molecule has 26 heavy (non-hydrogen) atoms. The van der Waals surface area contributed by atoms with Crippen LogP contribution >= 0.6 is 0 Å². The zero-order chi connectivity index (χ0) is 18.6. The Morgan fingerprint density at radius 1 is 1.15 bits per heavy atom. The molecule has 2 aromatic carbocycles. The maximum absolute atomic E-state index is 13.4. The van der Waals surface area contributed by atoms with E-state index in [1.165, 1.54) is 0 Å². The Balaban J connectivity index is 1.96. The van der Waals surface area contributed by atoms with Gasteiger partial charge < -0.3 is 10.1 Å². The molecule has 0 heterocycles. The third-order valence-corrected chi connectivity index (χ3v) is 5.31. The number of hydrogen-bond donors (Lipinski definition) is 1. The van der Waals surface area contributed by atoms with E-state index in [2.05, 4.69) is 36.5 Å². The monoisotopic (exact) mass is 348 g/mol. The first-order chi connectivity index (χ1) is 12.6. The molecule has 4 nitrogen and oxygen atoms in total. The Kier molecular flexibility index (Phi) is 5.27. The third-order valence-electron chi connectivity index (χ3n) is 5.31. The fraction of sp³-hybridized carbons (Fsp3) is 0.364. The molecule has 1 N–H and O–H groups in total. The first kappa shape index (κ1) is 18.0. The molecule has 0 aliphatic heterocycles. The van der Waals surface area contributed by atoms with Crippen molar-refractivity contribution in [2.75, 3.05) is 12.4 Å². The summed E-state index contributed by atoms with van der Waals surface area (Å²) in [6.07, 6.45) is 4.90. The summed E-state index contributed by atoms with van der Waals surface area (Å²) in [5, 5.41) is 12.4. The van der Waals surface area contributed by atoms with Crippen LogP contribution in [0.4, 0.5) is 5.69 Å². The molecule has 1 saturated carbocycles. The molecule has 0 saturated heterocycles. The summed E-state index contributed by atoms with van der Waals surface area (Å²) in [5.41, 5.74) is 2.64. The lowest BCUT2D eigenvalue weighted by Crippen LogP contribution is -2.42. The Morgan fingerprint density at radius 2 is 1.92 bits per heavy atom. The van der Waals surface area contributed by atoms with Gasteiger partial charge in [0, 0.05) is 0 Å². The van der Waals surface area contributed by atoms with E-state index in [0.29, 0.717) is 17.0 Å². The van der Waals surface area contributed by atoms with Crippen LogP contribution in [0, 0.1) is 18.3 Å². The number of rotatable bonds is 4. The van der Waals surface area contributed by atoms with E-state index in [1.54, 1.807) is 25.3 Å². The maximum atomic E-state index is 13.4. The van der Waals surface area contributed by atoms with Crippen molar-refractivity contribution in [2.24, 2.45) is 0 Å². The van der Waals surface area contributed by atoms with Crippen LogP contribution in [-0.4, -0.2) is 13.0 Å². The van der Waals surface area contributed by atoms with Crippen LogP contribution < -0.4 is 10.1 Å². The van der Waals surface area contributed by atoms with Crippen LogP contribution in [0.15, 0.2) is 42.5 Å². The highest BCUT2D eigenvalue weighted by atomic mass is 16.5. The summed E-state index contributed by atoms with van der Waals surface area (Å²) in [6.45, 7) is 2.05. The zero-order valence-electron chi connectivity index (χ0n) is 15.3. The predicted octanol–water partition coefficient (Wildman–Crippen LogP) is 4.72. The average Bonchev–Trinajstić information content (AvgIpc) is 2.68. The lowest BCUT2D eigenvalue weighted by molar-refractivity contribution is -0.122. The number of nitrogens with one attached hydrogen (secondary N) is 1. The summed E-state index contributed by atoms with van der Waals surface area (Å²) >= 11 is 0. The van der Waals surface area contributed by atoms with Crippen LogP contribution in [0.2, 0.25) is 0 Å². The van der Waals surface area contributed by atoms with E-state index in [0.717, 1.165) is 43.2 Å². The van der Waals surface area contributed by atoms with E-state index in [1.807, 2.05) is 6.07 Å². The fourth-order valence-electron chi connectivity index (χ4n) is 3.84. The minimum atomic E-state index is -0.531. The molecule has 0 radical (unpaired) electrons. The van der Waals surface area contributed by atoms with Crippen LogP contribution in [0.25, 0.3) is 0 Å². The molecule has 0 aromatic heterocycles. The summed E-state index contributed by atoms with van der Waals surface area (Å²) in [6, 6.07) is 15.5.